The Balaban J connectivity index is 1.97. The van der Waals surface area contributed by atoms with Crippen LogP contribution in [0.5, 0.6) is 5.75 Å². The summed E-state index contributed by atoms with van der Waals surface area (Å²) < 4.78 is 9.84. The third kappa shape index (κ3) is 4.38. The first kappa shape index (κ1) is 19.5. The van der Waals surface area contributed by atoms with Gasteiger partial charge < -0.3 is 20.1 Å². The van der Waals surface area contributed by atoms with E-state index in [9.17, 15) is 14.9 Å². The zero-order chi connectivity index (χ0) is 20.8. The van der Waals surface area contributed by atoms with Gasteiger partial charge in [0, 0.05) is 5.69 Å². The number of aromatic nitrogens is 2. The summed E-state index contributed by atoms with van der Waals surface area (Å²) >= 11 is 0. The molecule has 1 heterocycles. The molecule has 0 saturated heterocycles. The fraction of sp³-hybridized carbons (Fsp3) is 0.105. The Morgan fingerprint density at radius 1 is 1.00 bits per heavy atom. The molecule has 0 bridgehead atoms. The molecule has 0 atom stereocenters. The number of carbonyl (C=O) groups is 1. The second-order valence-electron chi connectivity index (χ2n) is 5.69. The largest absolute Gasteiger partial charge is 0.497 e. The van der Waals surface area contributed by atoms with Crippen molar-refractivity contribution in [2.45, 2.75) is 0 Å². The number of ether oxygens (including phenoxy) is 2. The minimum Gasteiger partial charge on any atom is -0.497 e. The number of nitrogens with one attached hydrogen (secondary N) is 2. The van der Waals surface area contributed by atoms with Crippen LogP contribution in [0.1, 0.15) is 10.4 Å². The molecule has 0 aliphatic rings. The van der Waals surface area contributed by atoms with Gasteiger partial charge in [-0.1, -0.05) is 12.1 Å². The molecule has 0 unspecified atom stereocenters. The molecule has 0 radical (unpaired) electrons. The zero-order valence-electron chi connectivity index (χ0n) is 15.6. The topological polar surface area (TPSA) is 129 Å². The van der Waals surface area contributed by atoms with Crippen LogP contribution in [0.15, 0.2) is 54.9 Å². The van der Waals surface area contributed by atoms with Crippen molar-refractivity contribution in [3.8, 4) is 5.75 Å². The molecule has 148 valence electrons. The molecule has 0 saturated carbocycles. The molecule has 0 aliphatic carbocycles. The Morgan fingerprint density at radius 3 is 2.28 bits per heavy atom. The van der Waals surface area contributed by atoms with Gasteiger partial charge in [-0.25, -0.2) is 14.8 Å². The summed E-state index contributed by atoms with van der Waals surface area (Å²) in [7, 11) is 2.80. The maximum absolute atomic E-state index is 12.0. The summed E-state index contributed by atoms with van der Waals surface area (Å²) in [5.41, 5.74) is 0.737. The van der Waals surface area contributed by atoms with Crippen molar-refractivity contribution < 1.29 is 19.2 Å². The van der Waals surface area contributed by atoms with Gasteiger partial charge in [0.25, 0.3) is 0 Å². The highest BCUT2D eigenvalue weighted by atomic mass is 16.6. The van der Waals surface area contributed by atoms with E-state index in [-0.39, 0.29) is 22.9 Å². The number of nitrogens with zero attached hydrogens (tertiary/aromatic N) is 3. The standard InChI is InChI=1S/C19H17N5O5/c1-28-13-9-7-12(8-10-13)22-17-16(24(26)27)18(21-11-20-17)23-15-6-4-3-5-14(15)19(25)29-2/h3-11H,1-2H3,(H2,20,21,22,23). The number of rotatable bonds is 7. The monoisotopic (exact) mass is 395 g/mol. The number of hydrogen-bond acceptors (Lipinski definition) is 9. The molecule has 2 N–H and O–H groups in total. The van der Waals surface area contributed by atoms with E-state index in [1.54, 1.807) is 49.6 Å². The summed E-state index contributed by atoms with van der Waals surface area (Å²) in [6, 6.07) is 13.3. The molecule has 1 aromatic heterocycles. The molecule has 3 rings (SSSR count). The molecule has 3 aromatic rings. The average Bonchev–Trinajstić information content (AvgIpc) is 2.74. The smallest absolute Gasteiger partial charge is 0.353 e. The quantitative estimate of drug-likeness (QED) is 0.350. The Morgan fingerprint density at radius 2 is 1.66 bits per heavy atom. The number of hydrogen-bond donors (Lipinski definition) is 2. The van der Waals surface area contributed by atoms with Crippen molar-refractivity contribution in [3.63, 3.8) is 0 Å². The highest BCUT2D eigenvalue weighted by Crippen LogP contribution is 2.34. The second-order valence-corrected chi connectivity index (χ2v) is 5.69. The number of carbonyl (C=O) groups excluding carboxylic acids is 1. The highest BCUT2D eigenvalue weighted by molar-refractivity contribution is 5.96. The first-order chi connectivity index (χ1) is 14.0. The van der Waals surface area contributed by atoms with E-state index in [0.29, 0.717) is 17.1 Å². The minimum absolute atomic E-state index is 0.00628. The maximum atomic E-state index is 12.0. The van der Waals surface area contributed by atoms with Crippen molar-refractivity contribution in [2.75, 3.05) is 24.9 Å². The zero-order valence-corrected chi connectivity index (χ0v) is 15.6. The van der Waals surface area contributed by atoms with Gasteiger partial charge in [0.15, 0.2) is 0 Å². The van der Waals surface area contributed by atoms with Crippen LogP contribution in [0.3, 0.4) is 0 Å². The molecule has 10 heteroatoms. The highest BCUT2D eigenvalue weighted by Gasteiger charge is 2.24. The van der Waals surface area contributed by atoms with Crippen molar-refractivity contribution in [1.82, 2.24) is 9.97 Å². The molecule has 0 spiro atoms. The number of anilines is 4. The molecule has 29 heavy (non-hydrogen) atoms. The van der Waals surface area contributed by atoms with Crippen molar-refractivity contribution in [3.05, 3.63) is 70.5 Å². The third-order valence-electron chi connectivity index (χ3n) is 3.94. The number of nitro groups is 1. The number of esters is 1. The molecule has 10 nitrogen and oxygen atoms in total. The Kier molecular flexibility index (Phi) is 5.83. The Hall–Kier alpha value is -4.21. The average molecular weight is 395 g/mol. The van der Waals surface area contributed by atoms with Gasteiger partial charge in [0.2, 0.25) is 11.6 Å². The van der Waals surface area contributed by atoms with Gasteiger partial charge in [-0.3, -0.25) is 10.1 Å². The lowest BCUT2D eigenvalue weighted by atomic mass is 10.2. The predicted molar refractivity (Wildman–Crippen MR) is 106 cm³/mol. The van der Waals surface area contributed by atoms with E-state index in [4.69, 9.17) is 9.47 Å². The van der Waals surface area contributed by atoms with E-state index in [1.165, 1.54) is 19.5 Å². The van der Waals surface area contributed by atoms with E-state index in [1.807, 2.05) is 0 Å². The minimum atomic E-state index is -0.602. The van der Waals surface area contributed by atoms with Gasteiger partial charge in [0.05, 0.1) is 30.4 Å². The van der Waals surface area contributed by atoms with Gasteiger partial charge in [-0.05, 0) is 36.4 Å². The summed E-state index contributed by atoms with van der Waals surface area (Å²) in [6.45, 7) is 0. The van der Waals surface area contributed by atoms with Crippen LogP contribution in [0.25, 0.3) is 0 Å². The fourth-order valence-electron chi connectivity index (χ4n) is 2.55. The Bertz CT molecular complexity index is 1040. The van der Waals surface area contributed by atoms with Crippen LogP contribution in [0.4, 0.5) is 28.7 Å². The van der Waals surface area contributed by atoms with Gasteiger partial charge in [0.1, 0.15) is 12.1 Å². The second kappa shape index (κ2) is 8.65. The van der Waals surface area contributed by atoms with Crippen molar-refractivity contribution in [2.24, 2.45) is 0 Å². The lowest BCUT2D eigenvalue weighted by Gasteiger charge is -2.12. The van der Waals surface area contributed by atoms with Crippen LogP contribution in [-0.2, 0) is 4.74 Å². The molecule has 2 aromatic carbocycles. The number of methoxy groups -OCH3 is 2. The normalized spacial score (nSPS) is 10.1. The third-order valence-corrected chi connectivity index (χ3v) is 3.94. The van der Waals surface area contributed by atoms with E-state index >= 15 is 0 Å². The number of benzene rings is 2. The predicted octanol–water partition coefficient (Wildman–Crippen LogP) is 3.67. The summed E-state index contributed by atoms with van der Waals surface area (Å²) in [5.74, 6) is -0.0125. The van der Waals surface area contributed by atoms with Crippen LogP contribution in [0.2, 0.25) is 0 Å². The van der Waals surface area contributed by atoms with Crippen molar-refractivity contribution >= 4 is 34.7 Å². The van der Waals surface area contributed by atoms with Crippen LogP contribution in [0, 0.1) is 10.1 Å². The fourth-order valence-corrected chi connectivity index (χ4v) is 2.55. The van der Waals surface area contributed by atoms with Crippen molar-refractivity contribution in [1.29, 1.82) is 0 Å². The van der Waals surface area contributed by atoms with E-state index < -0.39 is 10.9 Å². The molecule has 0 amide bonds. The van der Waals surface area contributed by atoms with Gasteiger partial charge >= 0.3 is 11.7 Å². The van der Waals surface area contributed by atoms with E-state index in [2.05, 4.69) is 20.6 Å². The summed E-state index contributed by atoms with van der Waals surface area (Å²) in [6.07, 6.45) is 1.18. The first-order valence-electron chi connectivity index (χ1n) is 8.38. The SMILES string of the molecule is COC(=O)c1ccccc1Nc1ncnc(Nc2ccc(OC)cc2)c1[N+](=O)[O-]. The van der Waals surface area contributed by atoms with E-state index in [0.717, 1.165) is 0 Å². The summed E-state index contributed by atoms with van der Waals surface area (Å²) in [4.78, 5) is 31.0. The molecule has 0 aliphatic heterocycles. The van der Waals surface area contributed by atoms with Gasteiger partial charge in [-0.2, -0.15) is 0 Å². The molecular weight excluding hydrogens is 378 g/mol. The van der Waals surface area contributed by atoms with Crippen LogP contribution < -0.4 is 15.4 Å². The molecule has 0 fully saturated rings. The molecular formula is C19H17N5O5. The maximum Gasteiger partial charge on any atom is 0.353 e. The van der Waals surface area contributed by atoms with Crippen LogP contribution >= 0.6 is 0 Å². The number of para-hydroxylation sites is 1. The Labute approximate surface area is 165 Å². The van der Waals surface area contributed by atoms with Crippen LogP contribution in [-0.4, -0.2) is 35.1 Å². The van der Waals surface area contributed by atoms with Gasteiger partial charge in [-0.15, -0.1) is 0 Å². The lowest BCUT2D eigenvalue weighted by Crippen LogP contribution is -2.09. The lowest BCUT2D eigenvalue weighted by molar-refractivity contribution is -0.383. The summed E-state index contributed by atoms with van der Waals surface area (Å²) in [5, 5.41) is 17.5. The first-order valence-corrected chi connectivity index (χ1v) is 8.38.